The van der Waals surface area contributed by atoms with E-state index in [0.29, 0.717) is 10.5 Å². The molecule has 5 N–H and O–H groups in total. The van der Waals surface area contributed by atoms with Gasteiger partial charge in [-0.2, -0.15) is 13.2 Å². The zero-order chi connectivity index (χ0) is 40.9. The molecule has 1 aliphatic carbocycles. The monoisotopic (exact) mass is 790 g/mol. The Labute approximate surface area is 314 Å². The van der Waals surface area contributed by atoms with E-state index in [2.05, 4.69) is 34.6 Å². The molecular weight excluding hydrogens is 751 g/mol. The first kappa shape index (κ1) is 44.0. The van der Waals surface area contributed by atoms with Gasteiger partial charge in [0.2, 0.25) is 18.0 Å². The van der Waals surface area contributed by atoms with Crippen molar-refractivity contribution in [2.24, 2.45) is 22.6 Å². The van der Waals surface area contributed by atoms with Gasteiger partial charge in [-0.25, -0.2) is 18.7 Å². The number of para-hydroxylation sites is 1. The fourth-order valence-corrected chi connectivity index (χ4v) is 5.34. The van der Waals surface area contributed by atoms with Crippen molar-refractivity contribution < 1.29 is 60.4 Å². The van der Waals surface area contributed by atoms with Gasteiger partial charge in [0.15, 0.2) is 6.73 Å². The first-order chi connectivity index (χ1) is 25.9. The average molecular weight is 791 g/mol. The van der Waals surface area contributed by atoms with Crippen molar-refractivity contribution in [2.45, 2.75) is 58.0 Å². The van der Waals surface area contributed by atoms with Gasteiger partial charge >= 0.3 is 20.0 Å². The minimum atomic E-state index is -4.83. The van der Waals surface area contributed by atoms with Crippen LogP contribution in [-0.4, -0.2) is 58.3 Å². The van der Waals surface area contributed by atoms with Crippen molar-refractivity contribution >= 4 is 42.9 Å². The molecule has 55 heavy (non-hydrogen) atoms. The molecule has 13 nitrogen and oxygen atoms in total. The number of halogens is 4. The molecule has 18 heteroatoms. The zero-order valence-electron chi connectivity index (χ0n) is 29.4. The Kier molecular flexibility index (Phi) is 15.8. The number of nitrogens with two attached hydrogens (primary N) is 1. The Morgan fingerprint density at radius 3 is 2.27 bits per heavy atom. The number of amides is 3. The van der Waals surface area contributed by atoms with E-state index in [9.17, 15) is 36.9 Å². The van der Waals surface area contributed by atoms with Crippen LogP contribution in [0.15, 0.2) is 77.8 Å². The Bertz CT molecular complexity index is 1930. The lowest BCUT2D eigenvalue weighted by atomic mass is 9.97. The number of nitrogens with one attached hydrogen (secondary N) is 1. The number of benzodiazepines with no additional fused rings is 1. The maximum absolute atomic E-state index is 15.6. The highest BCUT2D eigenvalue weighted by atomic mass is 31.2. The van der Waals surface area contributed by atoms with Crippen molar-refractivity contribution in [2.75, 3.05) is 11.6 Å². The minimum absolute atomic E-state index is 0.00192. The number of phosphoric acid groups is 1. The van der Waals surface area contributed by atoms with E-state index in [1.54, 1.807) is 30.3 Å². The van der Waals surface area contributed by atoms with Crippen molar-refractivity contribution in [3.05, 3.63) is 101 Å². The molecule has 2 aliphatic rings. The summed E-state index contributed by atoms with van der Waals surface area (Å²) in [4.78, 5) is 74.9. The number of nitrogens with zero attached hydrogens (tertiary/aromatic N) is 2. The fraction of sp³-hybridized carbons (Fsp3) is 0.324. The van der Waals surface area contributed by atoms with Crippen molar-refractivity contribution in [1.82, 2.24) is 5.32 Å². The summed E-state index contributed by atoms with van der Waals surface area (Å²) in [5.41, 5.74) is 5.23. The van der Waals surface area contributed by atoms with E-state index < -0.39 is 93.9 Å². The molecule has 1 saturated carbocycles. The third-order valence-corrected chi connectivity index (χ3v) is 8.41. The first-order valence-corrected chi connectivity index (χ1v) is 18.1. The molecular formula is C37H39F4N4O9P. The molecule has 0 radical (unpaired) electrons. The number of anilines is 1. The summed E-state index contributed by atoms with van der Waals surface area (Å²) in [5.74, 6) is -5.88. The quantitative estimate of drug-likeness (QED) is 0.0761. The maximum Gasteiger partial charge on any atom is 0.469 e. The highest BCUT2D eigenvalue weighted by Crippen LogP contribution is 2.37. The van der Waals surface area contributed by atoms with Gasteiger partial charge in [0, 0.05) is 29.9 Å². The first-order valence-electron chi connectivity index (χ1n) is 16.6. The largest absolute Gasteiger partial charge is 0.469 e. The van der Waals surface area contributed by atoms with Crippen LogP contribution in [0.1, 0.15) is 66.1 Å². The number of terminal acetylenes is 1. The number of esters is 1. The smallest absolute Gasteiger partial charge is 0.440 e. The minimum Gasteiger partial charge on any atom is -0.440 e. The number of primary amides is 1. The number of benzene rings is 3. The second kappa shape index (κ2) is 19.8. The summed E-state index contributed by atoms with van der Waals surface area (Å²) in [6.45, 7) is 0.771. The van der Waals surface area contributed by atoms with Gasteiger partial charge in [-0.3, -0.25) is 23.8 Å². The average Bonchev–Trinajstić information content (AvgIpc) is 3.94. The highest BCUT2D eigenvalue weighted by molar-refractivity contribution is 7.46. The van der Waals surface area contributed by atoms with Gasteiger partial charge in [-0.1, -0.05) is 74.4 Å². The maximum atomic E-state index is 15.6. The van der Waals surface area contributed by atoms with Crippen LogP contribution >= 0.6 is 7.82 Å². The van der Waals surface area contributed by atoms with Crippen LogP contribution in [-0.2, 0) is 34.8 Å². The standard InChI is InChI=1S/C31H29F4N4O9P.C4H8.C2H2/c32-23-11-5-10-22-25(19-7-2-1-3-8-19)37-27(38-28(41)20(15-24(36)40)12-13-31(33,34)35)29(42)39(26(22)23)17-47-30(43)21-9-4-6-18(14-21)16-48-49(44,45)46;1-4-2-3-4;1-2/h1-11,14,20,27H,12-13,15-17H2,(H2,36,40)(H,38,41)(H2,44,45,46);4H,2-3H2,1H3;1-2H/t20-,27-;;/m1../s1. The summed E-state index contributed by atoms with van der Waals surface area (Å²) in [5, 5.41) is 2.25. The number of hydrogen-bond donors (Lipinski definition) is 4. The number of aliphatic imine (C=N–C) groups is 1. The molecule has 0 aromatic heterocycles. The Hall–Kier alpha value is -5.40. The second-order valence-corrected chi connectivity index (χ2v) is 13.6. The third kappa shape index (κ3) is 14.1. The molecule has 0 bridgehead atoms. The fourth-order valence-electron chi connectivity index (χ4n) is 5.02. The molecule has 0 spiro atoms. The highest BCUT2D eigenvalue weighted by Gasteiger charge is 2.38. The molecule has 294 valence electrons. The normalized spacial score (nSPS) is 15.7. The summed E-state index contributed by atoms with van der Waals surface area (Å²) in [7, 11) is -4.83. The molecule has 3 aromatic rings. The van der Waals surface area contributed by atoms with Crippen molar-refractivity contribution in [3.63, 3.8) is 0 Å². The number of alkyl halides is 3. The number of carbonyl (C=O) groups is 4. The predicted molar refractivity (Wildman–Crippen MR) is 192 cm³/mol. The second-order valence-electron chi connectivity index (χ2n) is 12.4. The van der Waals surface area contributed by atoms with Gasteiger partial charge in [0.05, 0.1) is 23.6 Å². The van der Waals surface area contributed by atoms with Crippen LogP contribution in [0, 0.1) is 30.5 Å². The number of ether oxygens (including phenoxy) is 1. The summed E-state index contributed by atoms with van der Waals surface area (Å²) in [6, 6.07) is 17.1. The number of fused-ring (bicyclic) bond motifs is 1. The van der Waals surface area contributed by atoms with E-state index in [1.165, 1.54) is 49.2 Å². The molecule has 1 aliphatic heterocycles. The van der Waals surface area contributed by atoms with Crippen LogP contribution in [0.5, 0.6) is 0 Å². The summed E-state index contributed by atoms with van der Waals surface area (Å²) >= 11 is 0. The molecule has 1 fully saturated rings. The van der Waals surface area contributed by atoms with Gasteiger partial charge < -0.3 is 25.6 Å². The zero-order valence-corrected chi connectivity index (χ0v) is 30.3. The number of hydrogen-bond acceptors (Lipinski definition) is 8. The molecule has 0 unspecified atom stereocenters. The van der Waals surface area contributed by atoms with Crippen LogP contribution < -0.4 is 16.0 Å². The van der Waals surface area contributed by atoms with Crippen LogP contribution in [0.25, 0.3) is 0 Å². The topological polar surface area (TPSA) is 198 Å². The Morgan fingerprint density at radius 2 is 1.69 bits per heavy atom. The van der Waals surface area contributed by atoms with Gasteiger partial charge in [-0.05, 0) is 36.1 Å². The lowest BCUT2D eigenvalue weighted by Crippen LogP contribution is -2.50. The SMILES string of the molecule is C#C.CC1CC1.NC(=O)C[C@@H](CCC(F)(F)F)C(=O)N[C@H]1N=C(c2ccccc2)c2cccc(F)c2N(COC(=O)c2cccc(COP(=O)(O)O)c2)C1=O. The van der Waals surface area contributed by atoms with Gasteiger partial charge in [-0.15, -0.1) is 12.8 Å². The molecule has 3 amide bonds. The number of rotatable bonds is 13. The van der Waals surface area contributed by atoms with Crippen LogP contribution in [0.2, 0.25) is 0 Å². The predicted octanol–water partition coefficient (Wildman–Crippen LogP) is 5.38. The lowest BCUT2D eigenvalue weighted by molar-refractivity contribution is -0.143. The lowest BCUT2D eigenvalue weighted by Gasteiger charge is -2.26. The third-order valence-electron chi connectivity index (χ3n) is 7.94. The summed E-state index contributed by atoms with van der Waals surface area (Å²) < 4.78 is 75.5. The number of carbonyl (C=O) groups excluding carboxylic acids is 4. The molecule has 0 saturated heterocycles. The summed E-state index contributed by atoms with van der Waals surface area (Å²) in [6.07, 6.45) is 1.37. The molecule has 3 aromatic carbocycles. The molecule has 5 rings (SSSR count). The Morgan fingerprint density at radius 1 is 1.05 bits per heavy atom. The van der Waals surface area contributed by atoms with Crippen molar-refractivity contribution in [3.8, 4) is 12.8 Å². The van der Waals surface area contributed by atoms with E-state index >= 15 is 4.39 Å². The Balaban J connectivity index is 0.00000125. The van der Waals surface area contributed by atoms with Crippen LogP contribution in [0.4, 0.5) is 23.2 Å². The van der Waals surface area contributed by atoms with Gasteiger partial charge in [0.25, 0.3) is 5.91 Å². The van der Waals surface area contributed by atoms with Gasteiger partial charge in [0.1, 0.15) is 5.82 Å². The van der Waals surface area contributed by atoms with E-state index in [4.69, 9.17) is 20.3 Å². The van der Waals surface area contributed by atoms with Crippen LogP contribution in [0.3, 0.4) is 0 Å². The van der Waals surface area contributed by atoms with Crippen molar-refractivity contribution in [1.29, 1.82) is 0 Å². The van der Waals surface area contributed by atoms with E-state index in [1.807, 2.05) is 0 Å². The number of phosphoric ester groups is 1. The molecule has 1 heterocycles. The van der Waals surface area contributed by atoms with E-state index in [0.717, 1.165) is 12.0 Å². The molecule has 2 atom stereocenters. The van der Waals surface area contributed by atoms with E-state index in [-0.39, 0.29) is 22.4 Å².